The summed E-state index contributed by atoms with van der Waals surface area (Å²) in [7, 11) is 1.84. The number of hydrogen-bond acceptors (Lipinski definition) is 4. The molecule has 0 bridgehead atoms. The van der Waals surface area contributed by atoms with Gasteiger partial charge in [0, 0.05) is 19.2 Å². The Morgan fingerprint density at radius 2 is 2.00 bits per heavy atom. The zero-order chi connectivity index (χ0) is 17.5. The third-order valence-corrected chi connectivity index (χ3v) is 4.17. The molecule has 3 rings (SSSR count). The van der Waals surface area contributed by atoms with Crippen LogP contribution in [0.15, 0.2) is 36.4 Å². The van der Waals surface area contributed by atoms with Gasteiger partial charge in [0.05, 0.1) is 29.1 Å². The van der Waals surface area contributed by atoms with Crippen LogP contribution in [0, 0.1) is 0 Å². The average Bonchev–Trinajstić information content (AvgIpc) is 2.63. The number of aliphatic hydroxyl groups is 1. The SMILES string of the molecule is C[C@H]1Nc2nc(-c3cccc(C(F)(F)F)c3)ccc2N(C)C[C@H]1O. The zero-order valence-corrected chi connectivity index (χ0v) is 13.3. The summed E-state index contributed by atoms with van der Waals surface area (Å²) in [6, 6.07) is 8.38. The summed E-state index contributed by atoms with van der Waals surface area (Å²) in [6.45, 7) is 2.29. The van der Waals surface area contributed by atoms with Gasteiger partial charge >= 0.3 is 6.18 Å². The number of nitrogens with zero attached hydrogens (tertiary/aromatic N) is 2. The highest BCUT2D eigenvalue weighted by atomic mass is 19.4. The van der Waals surface area contributed by atoms with Crippen molar-refractivity contribution in [3.63, 3.8) is 0 Å². The topological polar surface area (TPSA) is 48.4 Å². The van der Waals surface area contributed by atoms with Gasteiger partial charge in [-0.3, -0.25) is 0 Å². The van der Waals surface area contributed by atoms with Crippen LogP contribution in [0.3, 0.4) is 0 Å². The molecule has 0 radical (unpaired) electrons. The Hall–Kier alpha value is -2.28. The number of nitrogens with one attached hydrogen (secondary N) is 1. The molecule has 2 heterocycles. The number of aromatic nitrogens is 1. The molecule has 128 valence electrons. The Labute approximate surface area is 137 Å². The number of fused-ring (bicyclic) bond motifs is 1. The van der Waals surface area contributed by atoms with Crippen molar-refractivity contribution in [1.29, 1.82) is 0 Å². The molecule has 1 aliphatic heterocycles. The summed E-state index contributed by atoms with van der Waals surface area (Å²) in [5.41, 5.74) is 0.943. The lowest BCUT2D eigenvalue weighted by molar-refractivity contribution is -0.137. The van der Waals surface area contributed by atoms with E-state index in [2.05, 4.69) is 10.3 Å². The van der Waals surface area contributed by atoms with Crippen molar-refractivity contribution in [3.05, 3.63) is 42.0 Å². The molecule has 0 fully saturated rings. The smallest absolute Gasteiger partial charge is 0.389 e. The Balaban J connectivity index is 2.02. The molecule has 1 aromatic carbocycles. The molecule has 4 nitrogen and oxygen atoms in total. The first-order valence-electron chi connectivity index (χ1n) is 7.60. The second kappa shape index (κ2) is 5.98. The third kappa shape index (κ3) is 3.17. The fourth-order valence-corrected chi connectivity index (χ4v) is 2.73. The maximum atomic E-state index is 12.9. The predicted molar refractivity (Wildman–Crippen MR) is 87.0 cm³/mol. The van der Waals surface area contributed by atoms with E-state index in [9.17, 15) is 18.3 Å². The minimum atomic E-state index is -4.39. The molecular weight excluding hydrogens is 319 g/mol. The maximum absolute atomic E-state index is 12.9. The van der Waals surface area contributed by atoms with Crippen LogP contribution in [-0.2, 0) is 6.18 Å². The molecule has 0 aliphatic carbocycles. The van der Waals surface area contributed by atoms with E-state index in [1.54, 1.807) is 18.2 Å². The highest BCUT2D eigenvalue weighted by molar-refractivity contribution is 5.73. The van der Waals surface area contributed by atoms with Gasteiger partial charge < -0.3 is 15.3 Å². The van der Waals surface area contributed by atoms with Gasteiger partial charge in [0.25, 0.3) is 0 Å². The monoisotopic (exact) mass is 337 g/mol. The number of hydrogen-bond donors (Lipinski definition) is 2. The summed E-state index contributed by atoms with van der Waals surface area (Å²) in [6.07, 6.45) is -4.96. The van der Waals surface area contributed by atoms with Crippen molar-refractivity contribution in [2.75, 3.05) is 23.8 Å². The lowest BCUT2D eigenvalue weighted by Gasteiger charge is -2.20. The molecule has 0 saturated carbocycles. The summed E-state index contributed by atoms with van der Waals surface area (Å²) in [5.74, 6) is 0.552. The van der Waals surface area contributed by atoms with Crippen molar-refractivity contribution in [2.24, 2.45) is 0 Å². The van der Waals surface area contributed by atoms with Crippen LogP contribution in [0.5, 0.6) is 0 Å². The number of benzene rings is 1. The van der Waals surface area contributed by atoms with Crippen LogP contribution in [0.2, 0.25) is 0 Å². The third-order valence-electron chi connectivity index (χ3n) is 4.17. The van der Waals surface area contributed by atoms with Crippen LogP contribution in [-0.4, -0.2) is 35.8 Å². The summed E-state index contributed by atoms with van der Waals surface area (Å²) in [4.78, 5) is 6.35. The molecule has 0 unspecified atom stereocenters. The molecule has 2 aromatic rings. The van der Waals surface area contributed by atoms with Crippen LogP contribution >= 0.6 is 0 Å². The predicted octanol–water partition coefficient (Wildman–Crippen LogP) is 3.38. The molecule has 0 amide bonds. The van der Waals surface area contributed by atoms with E-state index < -0.39 is 17.8 Å². The number of halogens is 3. The van der Waals surface area contributed by atoms with E-state index in [0.29, 0.717) is 23.6 Å². The largest absolute Gasteiger partial charge is 0.416 e. The number of alkyl halides is 3. The van der Waals surface area contributed by atoms with Gasteiger partial charge in [-0.2, -0.15) is 13.2 Å². The minimum Gasteiger partial charge on any atom is -0.389 e. The molecule has 7 heteroatoms. The van der Waals surface area contributed by atoms with Crippen molar-refractivity contribution >= 4 is 11.5 Å². The first-order valence-corrected chi connectivity index (χ1v) is 7.60. The molecule has 24 heavy (non-hydrogen) atoms. The maximum Gasteiger partial charge on any atom is 0.416 e. The minimum absolute atomic E-state index is 0.210. The number of anilines is 2. The van der Waals surface area contributed by atoms with Gasteiger partial charge in [-0.25, -0.2) is 4.98 Å². The fourth-order valence-electron chi connectivity index (χ4n) is 2.73. The fraction of sp³-hybridized carbons (Fsp3) is 0.353. The van der Waals surface area contributed by atoms with Gasteiger partial charge in [0.15, 0.2) is 5.82 Å². The highest BCUT2D eigenvalue weighted by Gasteiger charge is 2.30. The van der Waals surface area contributed by atoms with Gasteiger partial charge in [0.2, 0.25) is 0 Å². The number of β-amino-alcohol motifs (C(OH)–C–C–N with tert-alkyl or cyclic N) is 1. The highest BCUT2D eigenvalue weighted by Crippen LogP contribution is 2.34. The lowest BCUT2D eigenvalue weighted by Crippen LogP contribution is -2.36. The Kier molecular flexibility index (Phi) is 4.13. The van der Waals surface area contributed by atoms with Gasteiger partial charge in [-0.1, -0.05) is 12.1 Å². The van der Waals surface area contributed by atoms with Crippen molar-refractivity contribution in [3.8, 4) is 11.3 Å². The quantitative estimate of drug-likeness (QED) is 0.838. The summed E-state index contributed by atoms with van der Waals surface area (Å²) in [5, 5.41) is 13.2. The second-order valence-electron chi connectivity index (χ2n) is 6.02. The first kappa shape index (κ1) is 16.6. The molecular formula is C17H18F3N3O. The van der Waals surface area contributed by atoms with Gasteiger partial charge in [-0.15, -0.1) is 0 Å². The number of pyridine rings is 1. The normalized spacial score (nSPS) is 21.0. The molecule has 1 aromatic heterocycles. The van der Waals surface area contributed by atoms with Crippen molar-refractivity contribution in [1.82, 2.24) is 4.98 Å². The Morgan fingerprint density at radius 3 is 2.71 bits per heavy atom. The average molecular weight is 337 g/mol. The first-order chi connectivity index (χ1) is 11.3. The number of aliphatic hydroxyl groups excluding tert-OH is 1. The van der Waals surface area contributed by atoms with Crippen molar-refractivity contribution < 1.29 is 18.3 Å². The zero-order valence-electron chi connectivity index (χ0n) is 13.3. The molecule has 1 aliphatic rings. The Morgan fingerprint density at radius 1 is 1.25 bits per heavy atom. The van der Waals surface area contributed by atoms with Crippen LogP contribution in [0.1, 0.15) is 12.5 Å². The van der Waals surface area contributed by atoms with E-state index >= 15 is 0 Å². The van der Waals surface area contributed by atoms with Crippen LogP contribution in [0.4, 0.5) is 24.7 Å². The van der Waals surface area contributed by atoms with Gasteiger partial charge in [0.1, 0.15) is 0 Å². The standard InChI is InChI=1S/C17H18F3N3O/c1-10-15(24)9-23(2)14-7-6-13(22-16(14)21-10)11-4-3-5-12(8-11)17(18,19)20/h3-8,10,15,24H,9H2,1-2H3,(H,21,22)/t10-,15-/m1/s1. The van der Waals surface area contributed by atoms with E-state index in [4.69, 9.17) is 0 Å². The van der Waals surface area contributed by atoms with E-state index in [1.807, 2.05) is 18.9 Å². The molecule has 2 atom stereocenters. The lowest BCUT2D eigenvalue weighted by atomic mass is 10.1. The summed E-state index contributed by atoms with van der Waals surface area (Å²) >= 11 is 0. The van der Waals surface area contributed by atoms with Crippen LogP contribution < -0.4 is 10.2 Å². The summed E-state index contributed by atoms with van der Waals surface area (Å²) < 4.78 is 38.7. The molecule has 0 saturated heterocycles. The second-order valence-corrected chi connectivity index (χ2v) is 6.02. The van der Waals surface area contributed by atoms with Crippen molar-refractivity contribution in [2.45, 2.75) is 25.2 Å². The Bertz CT molecular complexity index is 748. The van der Waals surface area contributed by atoms with Crippen LogP contribution in [0.25, 0.3) is 11.3 Å². The van der Waals surface area contributed by atoms with E-state index in [0.717, 1.165) is 17.8 Å². The number of likely N-dealkylation sites (N-methyl/N-ethyl adjacent to an activating group) is 1. The number of rotatable bonds is 1. The van der Waals surface area contributed by atoms with Gasteiger partial charge in [-0.05, 0) is 31.2 Å². The molecule has 2 N–H and O–H groups in total. The van der Waals surface area contributed by atoms with E-state index in [1.165, 1.54) is 6.07 Å². The van der Waals surface area contributed by atoms with E-state index in [-0.39, 0.29) is 6.04 Å². The molecule has 0 spiro atoms.